The van der Waals surface area contributed by atoms with Gasteiger partial charge in [0.2, 0.25) is 0 Å². The van der Waals surface area contributed by atoms with Crippen LogP contribution in [0.25, 0.3) is 0 Å². The second-order valence-electron chi connectivity index (χ2n) is 0.820. The van der Waals surface area contributed by atoms with E-state index >= 15 is 0 Å². The van der Waals surface area contributed by atoms with Crippen molar-refractivity contribution in [3.05, 3.63) is 0 Å². The topological polar surface area (TPSA) is 144 Å². The monoisotopic (exact) mass is 220 g/mol. The summed E-state index contributed by atoms with van der Waals surface area (Å²) in [7, 11) is -7.31. The second kappa shape index (κ2) is 12.7. The summed E-state index contributed by atoms with van der Waals surface area (Å²) < 4.78 is 8.88. The molecule has 0 unspecified atom stereocenters. The van der Waals surface area contributed by atoms with Crippen LogP contribution in [0.2, 0.25) is 0 Å². The molecule has 0 rings (SSSR count). The third-order valence-electron chi connectivity index (χ3n) is 0. The first-order valence-electron chi connectivity index (χ1n) is 1.51. The van der Waals surface area contributed by atoms with Crippen LogP contribution in [0.15, 0.2) is 0 Å². The molecule has 0 aromatic carbocycles. The molecule has 0 fully saturated rings. The van der Waals surface area contributed by atoms with Gasteiger partial charge < -0.3 is 29.8 Å². The summed E-state index contributed by atoms with van der Waals surface area (Å²) in [5, 5.41) is 24.0. The van der Waals surface area contributed by atoms with Crippen LogP contribution in [0.5, 0.6) is 0 Å². The predicted molar refractivity (Wildman–Crippen MR) is 22.2 cm³/mol. The molecule has 7 nitrogen and oxygen atoms in total. The summed E-state index contributed by atoms with van der Waals surface area (Å²) in [5.74, 6) is 0. The van der Waals surface area contributed by atoms with Gasteiger partial charge in [-0.3, -0.25) is 0 Å². The largest absolute Gasteiger partial charge is 1.00 e. The van der Waals surface area contributed by atoms with Crippen LogP contribution in [0.3, 0.4) is 0 Å². The molecule has 0 heterocycles. The van der Waals surface area contributed by atoms with E-state index in [0.717, 1.165) is 0 Å². The van der Waals surface area contributed by atoms with Crippen LogP contribution in [-0.4, -0.2) is 27.0 Å². The van der Waals surface area contributed by atoms with Crippen LogP contribution in [0.1, 0.15) is 0 Å². The van der Waals surface area contributed by atoms with Crippen LogP contribution in [-0.2, 0) is 4.57 Å². The zero-order valence-electron chi connectivity index (χ0n) is 6.04. The second-order valence-corrected chi connectivity index (χ2v) is 1.85. The predicted octanol–water partition coefficient (Wildman–Crippen LogP) is -10.2. The molecule has 0 radical (unpaired) electrons. The average molecular weight is 220 g/mol. The minimum Gasteiger partial charge on any atom is -0.871 e. The fraction of sp³-hybridized carbons (Fsp3) is 0. The minimum absolute atomic E-state index is 0. The standard InChI is InChI=1S/BHO3.K.Na.H3O4P/c2-1(3)4;;;1-5(2,3)4/h2H;;;(H3,1,2,3,4)/q-2;2*+1;. The van der Waals surface area contributed by atoms with Crippen LogP contribution in [0.4, 0.5) is 0 Å². The van der Waals surface area contributed by atoms with E-state index in [1.807, 2.05) is 0 Å². The molecule has 0 bridgehead atoms. The molecule has 0 spiro atoms. The van der Waals surface area contributed by atoms with Crippen molar-refractivity contribution >= 4 is 15.1 Å². The van der Waals surface area contributed by atoms with Crippen molar-refractivity contribution < 1.29 is 115 Å². The molecule has 0 saturated carbocycles. The van der Waals surface area contributed by atoms with Gasteiger partial charge in [-0.1, -0.05) is 0 Å². The van der Waals surface area contributed by atoms with E-state index in [2.05, 4.69) is 0 Å². The normalized spacial score (nSPS) is 7.82. The Morgan fingerprint density at radius 2 is 1.18 bits per heavy atom. The van der Waals surface area contributed by atoms with E-state index in [4.69, 9.17) is 34.3 Å². The number of hydrogen-bond donors (Lipinski definition) is 4. The maximum absolute atomic E-state index is 8.88. The van der Waals surface area contributed by atoms with Gasteiger partial charge in [-0.15, -0.1) is 0 Å². The van der Waals surface area contributed by atoms with Crippen molar-refractivity contribution in [3.63, 3.8) is 0 Å². The van der Waals surface area contributed by atoms with Crippen molar-refractivity contribution in [1.82, 2.24) is 0 Å². The Morgan fingerprint density at radius 1 is 1.18 bits per heavy atom. The van der Waals surface area contributed by atoms with E-state index in [9.17, 15) is 0 Å². The molecule has 4 N–H and O–H groups in total. The summed E-state index contributed by atoms with van der Waals surface area (Å²) in [6, 6.07) is 0. The Kier molecular flexibility index (Phi) is 27.1. The quantitative estimate of drug-likeness (QED) is 0.234. The summed E-state index contributed by atoms with van der Waals surface area (Å²) in [6.07, 6.45) is 0. The van der Waals surface area contributed by atoms with Crippen molar-refractivity contribution in [3.8, 4) is 0 Å². The van der Waals surface area contributed by atoms with Gasteiger partial charge in [0, 0.05) is 0 Å². The van der Waals surface area contributed by atoms with Gasteiger partial charge in [-0.25, -0.2) is 4.57 Å². The smallest absolute Gasteiger partial charge is 0.871 e. The SMILES string of the molecule is O=P(O)(O)O.[K+].[Na+].[O-]B([O-])O. The van der Waals surface area contributed by atoms with Gasteiger partial charge in [0.25, 0.3) is 0 Å². The molecule has 0 aliphatic rings. The Morgan fingerprint density at radius 3 is 1.18 bits per heavy atom. The van der Waals surface area contributed by atoms with E-state index in [1.54, 1.807) is 0 Å². The van der Waals surface area contributed by atoms with Crippen molar-refractivity contribution in [2.75, 3.05) is 0 Å². The fourth-order valence-electron chi connectivity index (χ4n) is 0. The van der Waals surface area contributed by atoms with Crippen molar-refractivity contribution in [1.29, 1.82) is 0 Å². The Balaban J connectivity index is -0.0000000383. The molecule has 0 atom stereocenters. The van der Waals surface area contributed by atoms with Gasteiger partial charge >= 0.3 is 88.8 Å². The molecular weight excluding hydrogens is 216 g/mol. The Bertz CT molecular complexity index is 89.6. The summed E-state index contributed by atoms with van der Waals surface area (Å²) in [5.41, 5.74) is 0. The van der Waals surface area contributed by atoms with Crippen molar-refractivity contribution in [2.45, 2.75) is 0 Å². The van der Waals surface area contributed by atoms with Crippen LogP contribution >= 0.6 is 7.82 Å². The molecule has 0 aliphatic carbocycles. The molecular formula is H4BKNaO7P. The first kappa shape index (κ1) is 23.5. The third kappa shape index (κ3) is 200. The third-order valence-corrected chi connectivity index (χ3v) is 0. The average Bonchev–Trinajstić information content (AvgIpc) is 1.19. The van der Waals surface area contributed by atoms with E-state index in [-0.39, 0.29) is 80.9 Å². The molecule has 11 heteroatoms. The van der Waals surface area contributed by atoms with Gasteiger partial charge in [-0.2, -0.15) is 0 Å². The van der Waals surface area contributed by atoms with Gasteiger partial charge in [0.05, 0.1) is 7.32 Å². The van der Waals surface area contributed by atoms with Gasteiger partial charge in [0.1, 0.15) is 0 Å². The number of rotatable bonds is 0. The molecule has 0 aliphatic heterocycles. The molecule has 0 saturated heterocycles. The maximum atomic E-state index is 8.88. The minimum atomic E-state index is -4.64. The first-order valence-corrected chi connectivity index (χ1v) is 3.08. The van der Waals surface area contributed by atoms with E-state index in [1.165, 1.54) is 0 Å². The summed E-state index contributed by atoms with van der Waals surface area (Å²) in [6.45, 7) is 0. The first-order chi connectivity index (χ1) is 3.73. The fourth-order valence-corrected chi connectivity index (χ4v) is 0. The van der Waals surface area contributed by atoms with Crippen LogP contribution < -0.4 is 91.0 Å². The van der Waals surface area contributed by atoms with Gasteiger partial charge in [0.15, 0.2) is 0 Å². The van der Waals surface area contributed by atoms with E-state index < -0.39 is 15.1 Å². The number of phosphoric acid groups is 1. The Labute approximate surface area is 128 Å². The van der Waals surface area contributed by atoms with Gasteiger partial charge in [-0.05, 0) is 0 Å². The molecule has 0 aromatic rings. The zero-order valence-corrected chi connectivity index (χ0v) is 12.1. The summed E-state index contributed by atoms with van der Waals surface area (Å²) >= 11 is 0. The van der Waals surface area contributed by atoms with Crippen molar-refractivity contribution in [2.24, 2.45) is 0 Å². The maximum Gasteiger partial charge on any atom is 1.00 e. The molecule has 0 amide bonds. The number of hydrogen-bond acceptors (Lipinski definition) is 4. The molecule has 0 aromatic heterocycles. The molecule has 56 valence electrons. The zero-order chi connectivity index (χ0) is 8.08. The molecule has 11 heavy (non-hydrogen) atoms. The Hall–Kier alpha value is 2.69. The summed E-state index contributed by atoms with van der Waals surface area (Å²) in [4.78, 5) is 21.6. The van der Waals surface area contributed by atoms with Crippen LogP contribution in [0, 0.1) is 0 Å². The van der Waals surface area contributed by atoms with E-state index in [0.29, 0.717) is 0 Å².